The van der Waals surface area contributed by atoms with E-state index in [1.165, 1.54) is 13.2 Å². The number of hydrogen-bond donors (Lipinski definition) is 2. The van der Waals surface area contributed by atoms with Crippen LogP contribution in [0.5, 0.6) is 11.5 Å². The number of ketones is 1. The van der Waals surface area contributed by atoms with Crippen molar-refractivity contribution in [1.82, 2.24) is 5.32 Å². The highest BCUT2D eigenvalue weighted by atomic mass is 16.5. The number of carbonyl (C=O) groups is 2. The average molecular weight is 391 g/mol. The van der Waals surface area contributed by atoms with Gasteiger partial charge in [-0.3, -0.25) is 4.79 Å². The van der Waals surface area contributed by atoms with Gasteiger partial charge in [0.15, 0.2) is 17.3 Å². The molecule has 29 heavy (non-hydrogen) atoms. The third-order valence-electron chi connectivity index (χ3n) is 5.28. The minimum absolute atomic E-state index is 0.0150. The van der Waals surface area contributed by atoms with E-state index in [0.717, 1.165) is 5.56 Å². The molecule has 0 saturated heterocycles. The quantitative estimate of drug-likeness (QED) is 0.776. The average Bonchev–Trinajstić information content (AvgIpc) is 3.00. The molecule has 0 aromatic heterocycles. The maximum atomic E-state index is 13.3. The molecule has 148 valence electrons. The zero-order valence-electron chi connectivity index (χ0n) is 16.4. The van der Waals surface area contributed by atoms with Crippen molar-refractivity contribution in [2.45, 2.75) is 19.8 Å². The molecule has 0 unspecified atom stereocenters. The lowest BCUT2D eigenvalue weighted by Gasteiger charge is -2.29. The zero-order chi connectivity index (χ0) is 20.7. The number of methoxy groups -OCH3 is 1. The van der Waals surface area contributed by atoms with E-state index in [1.807, 2.05) is 18.2 Å². The van der Waals surface area contributed by atoms with Crippen LogP contribution in [0.15, 0.2) is 59.3 Å². The highest BCUT2D eigenvalue weighted by Crippen LogP contribution is 2.47. The number of rotatable bonds is 4. The summed E-state index contributed by atoms with van der Waals surface area (Å²) in [6, 6.07) is 12.2. The molecule has 6 nitrogen and oxygen atoms in total. The molecular formula is C23H21NO5. The largest absolute Gasteiger partial charge is 0.504 e. The topological polar surface area (TPSA) is 84.9 Å². The van der Waals surface area contributed by atoms with Gasteiger partial charge in [-0.2, -0.15) is 0 Å². The number of benzene rings is 2. The Balaban J connectivity index is 1.94. The maximum Gasteiger partial charge on any atom is 0.336 e. The number of Topliss-reactive ketones (excluding diaryl/α,β-unsaturated/α-hetero) is 1. The summed E-state index contributed by atoms with van der Waals surface area (Å²) in [5.74, 6) is -0.996. The summed E-state index contributed by atoms with van der Waals surface area (Å²) in [4.78, 5) is 26.2. The Labute approximate surface area is 168 Å². The van der Waals surface area contributed by atoms with Crippen LogP contribution >= 0.6 is 0 Å². The van der Waals surface area contributed by atoms with Crippen molar-refractivity contribution in [3.63, 3.8) is 0 Å². The van der Waals surface area contributed by atoms with Crippen LogP contribution in [-0.4, -0.2) is 30.6 Å². The third-order valence-corrected chi connectivity index (χ3v) is 5.28. The lowest BCUT2D eigenvalue weighted by Crippen LogP contribution is -2.29. The molecule has 0 saturated carbocycles. The van der Waals surface area contributed by atoms with E-state index in [-0.39, 0.29) is 23.9 Å². The Kier molecular flexibility index (Phi) is 4.62. The lowest BCUT2D eigenvalue weighted by molar-refractivity contribution is -0.138. The van der Waals surface area contributed by atoms with Gasteiger partial charge in [0.2, 0.25) is 0 Å². The van der Waals surface area contributed by atoms with Gasteiger partial charge >= 0.3 is 5.97 Å². The van der Waals surface area contributed by atoms with E-state index in [4.69, 9.17) is 9.47 Å². The third kappa shape index (κ3) is 2.88. The summed E-state index contributed by atoms with van der Waals surface area (Å²) in [7, 11) is 1.45. The number of fused-ring (bicyclic) bond motifs is 2. The normalized spacial score (nSPS) is 17.6. The van der Waals surface area contributed by atoms with Crippen molar-refractivity contribution in [1.29, 1.82) is 0 Å². The van der Waals surface area contributed by atoms with Gasteiger partial charge in [-0.25, -0.2) is 4.79 Å². The number of aromatic hydroxyl groups is 1. The fourth-order valence-corrected chi connectivity index (χ4v) is 4.02. The summed E-state index contributed by atoms with van der Waals surface area (Å²) in [5.41, 5.74) is 4.27. The van der Waals surface area contributed by atoms with E-state index in [0.29, 0.717) is 33.7 Å². The number of phenols is 1. The van der Waals surface area contributed by atoms with Crippen molar-refractivity contribution in [3.05, 3.63) is 76.0 Å². The van der Waals surface area contributed by atoms with Crippen LogP contribution in [0.25, 0.3) is 5.70 Å². The summed E-state index contributed by atoms with van der Waals surface area (Å²) in [6.45, 7) is 3.76. The number of ether oxygens (including phenoxy) is 2. The number of carbonyl (C=O) groups excluding carboxylic acids is 2. The zero-order valence-corrected chi connectivity index (χ0v) is 16.4. The molecule has 0 spiro atoms. The van der Waals surface area contributed by atoms with Crippen molar-refractivity contribution < 1.29 is 24.2 Å². The first-order valence-corrected chi connectivity index (χ1v) is 9.38. The molecule has 2 N–H and O–H groups in total. The Hall–Kier alpha value is -3.54. The second-order valence-corrected chi connectivity index (χ2v) is 6.91. The van der Waals surface area contributed by atoms with Crippen LogP contribution in [0.3, 0.4) is 0 Å². The molecule has 0 radical (unpaired) electrons. The molecule has 1 aliphatic heterocycles. The first-order valence-electron chi connectivity index (χ1n) is 9.38. The predicted molar refractivity (Wildman–Crippen MR) is 108 cm³/mol. The van der Waals surface area contributed by atoms with E-state index >= 15 is 0 Å². The molecule has 4 rings (SSSR count). The van der Waals surface area contributed by atoms with Gasteiger partial charge in [0, 0.05) is 28.3 Å². The molecule has 0 fully saturated rings. The van der Waals surface area contributed by atoms with E-state index < -0.39 is 11.9 Å². The van der Waals surface area contributed by atoms with Crippen molar-refractivity contribution in [3.8, 4) is 11.5 Å². The summed E-state index contributed by atoms with van der Waals surface area (Å²) < 4.78 is 10.5. The van der Waals surface area contributed by atoms with Gasteiger partial charge in [-0.1, -0.05) is 30.3 Å². The Morgan fingerprint density at radius 3 is 2.59 bits per heavy atom. The SMILES string of the molecule is CCOC(=O)C1=C(C)NC2=C(C(=O)c3ccccc32)[C@@H]1c1ccc(O)c(OC)c1. The van der Waals surface area contributed by atoms with Crippen LogP contribution in [-0.2, 0) is 9.53 Å². The highest BCUT2D eigenvalue weighted by Gasteiger charge is 2.43. The standard InChI is InChI=1S/C23H21NO5/c1-4-29-23(27)18-12(2)24-21-14-7-5-6-8-15(14)22(26)20(21)19(18)13-9-10-16(25)17(11-13)28-3/h5-11,19,24-25H,4H2,1-3H3/t19-/m1/s1. The monoisotopic (exact) mass is 391 g/mol. The first-order chi connectivity index (χ1) is 14.0. The molecule has 2 aromatic rings. The van der Waals surface area contributed by atoms with Gasteiger partial charge in [-0.15, -0.1) is 0 Å². The van der Waals surface area contributed by atoms with E-state index in [2.05, 4.69) is 5.32 Å². The maximum absolute atomic E-state index is 13.3. The number of phenolic OH excluding ortho intramolecular Hbond substituents is 1. The van der Waals surface area contributed by atoms with Crippen LogP contribution in [0.2, 0.25) is 0 Å². The van der Waals surface area contributed by atoms with Gasteiger partial charge in [0.25, 0.3) is 0 Å². The Morgan fingerprint density at radius 1 is 1.17 bits per heavy atom. The molecule has 1 atom stereocenters. The van der Waals surface area contributed by atoms with Crippen molar-refractivity contribution >= 4 is 17.4 Å². The number of esters is 1. The minimum Gasteiger partial charge on any atom is -0.504 e. The van der Waals surface area contributed by atoms with Gasteiger partial charge < -0.3 is 19.9 Å². The smallest absolute Gasteiger partial charge is 0.336 e. The molecule has 2 aliphatic rings. The van der Waals surface area contributed by atoms with Gasteiger partial charge in [-0.05, 0) is 31.5 Å². The van der Waals surface area contributed by atoms with Crippen LogP contribution < -0.4 is 10.1 Å². The number of nitrogens with one attached hydrogen (secondary N) is 1. The number of hydrogen-bond acceptors (Lipinski definition) is 6. The van der Waals surface area contributed by atoms with E-state index in [1.54, 1.807) is 32.0 Å². The molecule has 0 amide bonds. The minimum atomic E-state index is -0.639. The van der Waals surface area contributed by atoms with Crippen LogP contribution in [0.4, 0.5) is 0 Å². The Bertz CT molecular complexity index is 1100. The van der Waals surface area contributed by atoms with Crippen LogP contribution in [0, 0.1) is 0 Å². The fraction of sp³-hybridized carbons (Fsp3) is 0.217. The second-order valence-electron chi connectivity index (χ2n) is 6.91. The Morgan fingerprint density at radius 2 is 1.90 bits per heavy atom. The van der Waals surface area contributed by atoms with Crippen LogP contribution in [0.1, 0.15) is 41.3 Å². The molecule has 6 heteroatoms. The number of dihydropyridines is 1. The highest BCUT2D eigenvalue weighted by molar-refractivity contribution is 6.23. The van der Waals surface area contributed by atoms with Crippen molar-refractivity contribution in [2.24, 2.45) is 0 Å². The second kappa shape index (κ2) is 7.13. The number of allylic oxidation sites excluding steroid dienone is 2. The summed E-state index contributed by atoms with van der Waals surface area (Å²) in [6.07, 6.45) is 0. The predicted octanol–water partition coefficient (Wildman–Crippen LogP) is 3.53. The molecule has 0 bridgehead atoms. The summed E-state index contributed by atoms with van der Waals surface area (Å²) in [5, 5.41) is 13.3. The lowest BCUT2D eigenvalue weighted by atomic mass is 9.79. The van der Waals surface area contributed by atoms with Gasteiger partial charge in [0.05, 0.1) is 25.0 Å². The van der Waals surface area contributed by atoms with Gasteiger partial charge in [0.1, 0.15) is 0 Å². The first kappa shape index (κ1) is 18.8. The molecular weight excluding hydrogens is 370 g/mol. The van der Waals surface area contributed by atoms with E-state index in [9.17, 15) is 14.7 Å². The van der Waals surface area contributed by atoms with Crippen molar-refractivity contribution in [2.75, 3.05) is 13.7 Å². The molecule has 1 heterocycles. The molecule has 1 aliphatic carbocycles. The fourth-order valence-electron chi connectivity index (χ4n) is 4.02. The molecule has 2 aromatic carbocycles. The summed E-state index contributed by atoms with van der Waals surface area (Å²) >= 11 is 0.